The number of aromatic nitrogens is 6. The van der Waals surface area contributed by atoms with Gasteiger partial charge in [-0.15, -0.1) is 0 Å². The van der Waals surface area contributed by atoms with Crippen molar-refractivity contribution < 1.29 is 87.3 Å². The number of rotatable bonds is 19. The second-order valence-corrected chi connectivity index (χ2v) is 19.7. The van der Waals surface area contributed by atoms with Gasteiger partial charge < -0.3 is 53.4 Å². The van der Waals surface area contributed by atoms with Crippen LogP contribution < -0.4 is 22.4 Å². The Balaban J connectivity index is 0.000000493. The Hall–Kier alpha value is -3.35. The normalized spacial score (nSPS) is 21.4. The summed E-state index contributed by atoms with van der Waals surface area (Å²) >= 11 is 0. The number of aliphatic hydroxyl groups is 3. The van der Waals surface area contributed by atoms with Crippen LogP contribution in [0.2, 0.25) is 0 Å². The minimum absolute atomic E-state index is 0. The van der Waals surface area contributed by atoms with Gasteiger partial charge in [0.1, 0.15) is 43.7 Å². The zero-order valence-electron chi connectivity index (χ0n) is 35.9. The molecule has 4 rings (SSSR count). The summed E-state index contributed by atoms with van der Waals surface area (Å²) in [5.74, 6) is -0.529. The predicted octanol–water partition coefficient (Wildman–Crippen LogP) is 2.09. The van der Waals surface area contributed by atoms with Gasteiger partial charge in [0.2, 0.25) is 17.8 Å². The van der Waals surface area contributed by atoms with E-state index in [2.05, 4.69) is 38.5 Å². The highest BCUT2D eigenvalue weighted by Crippen LogP contribution is 2.49. The van der Waals surface area contributed by atoms with E-state index in [1.165, 1.54) is 26.5 Å². The van der Waals surface area contributed by atoms with Crippen LogP contribution >= 0.6 is 15.2 Å². The molecule has 2 aromatic rings. The number of hydrogen-bond acceptors (Lipinski definition) is 23. The number of nitrogens with two attached hydrogens (primary N) is 1. The summed E-state index contributed by atoms with van der Waals surface area (Å²) in [6, 6.07) is 0. The lowest BCUT2D eigenvalue weighted by molar-refractivity contribution is -0.123. The van der Waals surface area contributed by atoms with Crippen molar-refractivity contribution in [2.75, 3.05) is 63.4 Å². The molecule has 2 fully saturated rings. The summed E-state index contributed by atoms with van der Waals surface area (Å²) in [5.41, 5.74) is -2.15. The van der Waals surface area contributed by atoms with E-state index in [1.54, 1.807) is 34.6 Å². The van der Waals surface area contributed by atoms with E-state index in [-0.39, 0.29) is 84.1 Å². The molecule has 376 valence electrons. The fraction of sp³-hybridized carbons (Fsp3) is 0.788. The summed E-state index contributed by atoms with van der Waals surface area (Å²) < 4.78 is 122. The van der Waals surface area contributed by atoms with Crippen LogP contribution in [-0.2, 0) is 60.5 Å². The number of carbonyl (C=O) groups excluding carboxylic acids is 1. The molecule has 1 amide bonds. The molecule has 26 nitrogen and oxygen atoms in total. The lowest BCUT2D eigenvalue weighted by Gasteiger charge is -2.19. The molecule has 32 heteroatoms. The van der Waals surface area contributed by atoms with Gasteiger partial charge >= 0.3 is 42.2 Å². The molecule has 0 spiro atoms. The second-order valence-electron chi connectivity index (χ2n) is 14.1. The van der Waals surface area contributed by atoms with Crippen molar-refractivity contribution in [2.24, 2.45) is 5.41 Å². The molecule has 2 aromatic heterocycles. The summed E-state index contributed by atoms with van der Waals surface area (Å²) in [6.07, 6.45) is -3.48. The van der Waals surface area contributed by atoms with E-state index in [0.29, 0.717) is 0 Å². The molecule has 4 heterocycles. The number of amides is 1. The van der Waals surface area contributed by atoms with Crippen molar-refractivity contribution in [1.29, 1.82) is 0 Å². The van der Waals surface area contributed by atoms with Gasteiger partial charge in [0.25, 0.3) is 0 Å². The van der Waals surface area contributed by atoms with Gasteiger partial charge in [-0.3, -0.25) is 32.6 Å². The third-order valence-electron chi connectivity index (χ3n) is 8.07. The van der Waals surface area contributed by atoms with Crippen molar-refractivity contribution in [3.05, 3.63) is 33.6 Å². The number of hydrogen-bond donors (Lipinski definition) is 5. The van der Waals surface area contributed by atoms with Gasteiger partial charge in [0, 0.05) is 18.3 Å². The van der Waals surface area contributed by atoms with E-state index in [0.717, 1.165) is 9.13 Å². The van der Waals surface area contributed by atoms with Crippen LogP contribution in [0.15, 0.2) is 22.2 Å². The summed E-state index contributed by atoms with van der Waals surface area (Å²) in [5, 5.41) is 31.3. The van der Waals surface area contributed by atoms with E-state index < -0.39 is 90.8 Å². The van der Waals surface area contributed by atoms with E-state index in [9.17, 15) is 55.3 Å². The first-order valence-electron chi connectivity index (χ1n) is 19.2. The zero-order valence-corrected chi connectivity index (χ0v) is 38.5. The molecule has 65 heavy (non-hydrogen) atoms. The molecule has 0 unspecified atom stereocenters. The Morgan fingerprint density at radius 2 is 1.29 bits per heavy atom. The Labute approximate surface area is 372 Å². The molecule has 2 saturated heterocycles. The van der Waals surface area contributed by atoms with Crippen LogP contribution in [0, 0.1) is 5.41 Å². The lowest BCUT2D eigenvalue weighted by atomic mass is 9.96. The Kier molecular flexibility index (Phi) is 24.1. The molecule has 0 aliphatic carbocycles. The maximum atomic E-state index is 12.3. The SMILES string of the molecule is C.CC(C)(C)C(=O)Nc1ncn([C@H]2C[C@H](O)[C@@H](CO)O2)c(=O)n1.CCOP(=O)(COC[C@H]1O[C@@H](n2cnc(N)nc2=O)C[C@@H]1O)OCC.CCOP(=O)(COS(=O)(=O)C(F)(F)F)OCC. The van der Waals surface area contributed by atoms with Gasteiger partial charge in [-0.25, -0.2) is 19.6 Å². The quantitative estimate of drug-likeness (QED) is 0.0764. The monoisotopic (exact) mass is 1010 g/mol. The number of aliphatic hydroxyl groups excluding tert-OH is 3. The first-order chi connectivity index (χ1) is 29.7. The number of nitrogens with one attached hydrogen (secondary N) is 1. The molecule has 0 radical (unpaired) electrons. The van der Waals surface area contributed by atoms with E-state index in [1.807, 2.05) is 0 Å². The first-order valence-corrected chi connectivity index (χ1v) is 24.1. The average molecular weight is 1010 g/mol. The number of ether oxygens (including phenoxy) is 3. The third-order valence-corrected chi connectivity index (χ3v) is 12.8. The highest BCUT2D eigenvalue weighted by atomic mass is 32.2. The lowest BCUT2D eigenvalue weighted by Crippen LogP contribution is -2.32. The fourth-order valence-corrected chi connectivity index (χ4v) is 8.58. The molecule has 0 bridgehead atoms. The molecule has 6 N–H and O–H groups in total. The zero-order chi connectivity index (χ0) is 48.7. The van der Waals surface area contributed by atoms with Crippen molar-refractivity contribution >= 4 is 43.1 Å². The van der Waals surface area contributed by atoms with Crippen LogP contribution in [0.3, 0.4) is 0 Å². The van der Waals surface area contributed by atoms with Crippen molar-refractivity contribution in [1.82, 2.24) is 29.1 Å². The van der Waals surface area contributed by atoms with Crippen LogP contribution in [0.25, 0.3) is 0 Å². The van der Waals surface area contributed by atoms with Gasteiger partial charge in [-0.1, -0.05) is 28.2 Å². The number of nitrogen functional groups attached to an aromatic ring is 1. The number of nitrogens with zero attached hydrogens (tertiary/aromatic N) is 6. The Bertz CT molecular complexity index is 2110. The number of halogens is 3. The number of alkyl halides is 3. The van der Waals surface area contributed by atoms with Gasteiger partial charge in [-0.2, -0.15) is 31.6 Å². The predicted molar refractivity (Wildman–Crippen MR) is 221 cm³/mol. The molecular weight excluding hydrogens is 947 g/mol. The second kappa shape index (κ2) is 26.3. The number of anilines is 2. The van der Waals surface area contributed by atoms with Crippen LogP contribution in [0.5, 0.6) is 0 Å². The van der Waals surface area contributed by atoms with Crippen molar-refractivity contribution in [2.45, 2.75) is 111 Å². The minimum atomic E-state index is -5.80. The molecule has 2 aliphatic heterocycles. The maximum Gasteiger partial charge on any atom is 0.523 e. The van der Waals surface area contributed by atoms with E-state index >= 15 is 0 Å². The smallest absolute Gasteiger partial charge is 0.394 e. The highest BCUT2D eigenvalue weighted by molar-refractivity contribution is 7.87. The van der Waals surface area contributed by atoms with Gasteiger partial charge in [0.05, 0.1) is 51.8 Å². The maximum absolute atomic E-state index is 12.3. The van der Waals surface area contributed by atoms with Gasteiger partial charge in [0.15, 0.2) is 6.35 Å². The average Bonchev–Trinajstić information content (AvgIpc) is 3.75. The topological polar surface area (TPSA) is 353 Å². The largest absolute Gasteiger partial charge is 0.523 e. The molecule has 6 atom stereocenters. The first kappa shape index (κ1) is 59.7. The van der Waals surface area contributed by atoms with Gasteiger partial charge in [-0.05, 0) is 27.7 Å². The summed E-state index contributed by atoms with van der Waals surface area (Å²) in [4.78, 5) is 50.5. The molecule has 0 aromatic carbocycles. The van der Waals surface area contributed by atoms with Crippen LogP contribution in [0.4, 0.5) is 25.1 Å². The third kappa shape index (κ3) is 18.7. The van der Waals surface area contributed by atoms with Crippen molar-refractivity contribution in [3.63, 3.8) is 0 Å². The molecule has 0 saturated carbocycles. The van der Waals surface area contributed by atoms with Crippen molar-refractivity contribution in [3.8, 4) is 0 Å². The molecule has 2 aliphatic rings. The minimum Gasteiger partial charge on any atom is -0.394 e. The number of carbonyl (C=O) groups is 1. The standard InChI is InChI=1S/C13H23N4O7P.C13H20N4O5.C6H12F3O6PS.CH4/c1-3-22-25(20,23-4-2)8-21-6-10-9(18)5-11(24-10)17-7-15-12(14)16-13(17)19;1-13(2,3)10(20)15-11-14-6-17(12(21)16-11)9-4-7(19)8(5-18)22-9;1-3-13-16(10,14-4-2)5-15-17(11,12)6(7,8)9;/h7,9-11,18H,3-6,8H2,1-2H3,(H2,14,16,19);6-9,18-19H,4-5H2,1-3H3,(H,15,16,20,21);3-5H2,1-2H3;1H4/t9-,10+,11+;7-,8+,9+;;/m00../s1. The Morgan fingerprint density at radius 1 is 0.846 bits per heavy atom. The van der Waals surface area contributed by atoms with Crippen LogP contribution in [-0.4, -0.2) is 141 Å². The Morgan fingerprint density at radius 3 is 1.71 bits per heavy atom. The fourth-order valence-electron chi connectivity index (χ4n) is 5.02. The molecular formula is C33H59F3N8O18P2S. The van der Waals surface area contributed by atoms with E-state index in [4.69, 9.17) is 34.1 Å². The summed E-state index contributed by atoms with van der Waals surface area (Å²) in [6.45, 7) is 11.3. The summed E-state index contributed by atoms with van der Waals surface area (Å²) in [7, 11) is -13.1. The van der Waals surface area contributed by atoms with Crippen LogP contribution in [0.1, 0.15) is 81.2 Å². The highest BCUT2D eigenvalue weighted by Gasteiger charge is 2.48.